The Morgan fingerprint density at radius 2 is 1.60 bits per heavy atom. The van der Waals surface area contributed by atoms with E-state index in [-0.39, 0.29) is 5.91 Å². The maximum absolute atomic E-state index is 13.2. The van der Waals surface area contributed by atoms with E-state index in [0.29, 0.717) is 19.6 Å². The monoisotopic (exact) mass is 470 g/mol. The van der Waals surface area contributed by atoms with E-state index < -0.39 is 0 Å². The number of hydrogen-bond acceptors (Lipinski definition) is 4. The SMILES string of the molecule is CN(C)CCN(Cc1ccccc1)C(=O)CNc1cccc2c1CCN(CCc1ccccc1)C2. The predicted molar refractivity (Wildman–Crippen MR) is 144 cm³/mol. The quantitative estimate of drug-likeness (QED) is 0.454. The second-order valence-electron chi connectivity index (χ2n) is 9.66. The molecule has 0 saturated heterocycles. The molecule has 3 aromatic rings. The highest BCUT2D eigenvalue weighted by Gasteiger charge is 2.20. The average Bonchev–Trinajstić information content (AvgIpc) is 2.89. The van der Waals surface area contributed by atoms with Crippen LogP contribution < -0.4 is 5.32 Å². The Morgan fingerprint density at radius 1 is 0.886 bits per heavy atom. The number of nitrogens with zero attached hydrogens (tertiary/aromatic N) is 3. The largest absolute Gasteiger partial charge is 0.376 e. The fraction of sp³-hybridized carbons (Fsp3) is 0.367. The Kier molecular flexibility index (Phi) is 8.93. The van der Waals surface area contributed by atoms with Gasteiger partial charge in [-0.3, -0.25) is 9.69 Å². The lowest BCUT2D eigenvalue weighted by Crippen LogP contribution is -2.39. The van der Waals surface area contributed by atoms with Crippen LogP contribution in [-0.2, 0) is 30.7 Å². The molecule has 35 heavy (non-hydrogen) atoms. The lowest BCUT2D eigenvalue weighted by Gasteiger charge is -2.30. The molecule has 1 amide bonds. The number of anilines is 1. The summed E-state index contributed by atoms with van der Waals surface area (Å²) >= 11 is 0. The first-order valence-corrected chi connectivity index (χ1v) is 12.7. The van der Waals surface area contributed by atoms with Gasteiger partial charge in [-0.2, -0.15) is 0 Å². The van der Waals surface area contributed by atoms with Gasteiger partial charge in [0.25, 0.3) is 0 Å². The highest BCUT2D eigenvalue weighted by Crippen LogP contribution is 2.26. The van der Waals surface area contributed by atoms with E-state index >= 15 is 0 Å². The molecular weight excluding hydrogens is 432 g/mol. The zero-order chi connectivity index (χ0) is 24.5. The van der Waals surface area contributed by atoms with E-state index in [1.165, 1.54) is 16.7 Å². The zero-order valence-electron chi connectivity index (χ0n) is 21.1. The minimum absolute atomic E-state index is 0.133. The number of nitrogens with one attached hydrogen (secondary N) is 1. The second kappa shape index (κ2) is 12.5. The van der Waals surface area contributed by atoms with Gasteiger partial charge in [0.1, 0.15) is 0 Å². The summed E-state index contributed by atoms with van der Waals surface area (Å²) in [5.74, 6) is 0.133. The van der Waals surface area contributed by atoms with Crippen LogP contribution in [0, 0.1) is 0 Å². The molecule has 0 aliphatic carbocycles. The summed E-state index contributed by atoms with van der Waals surface area (Å²) in [6.45, 7) is 5.60. The van der Waals surface area contributed by atoms with Crippen molar-refractivity contribution in [2.24, 2.45) is 0 Å². The van der Waals surface area contributed by atoms with Crippen LogP contribution in [0.1, 0.15) is 22.3 Å². The third-order valence-corrected chi connectivity index (χ3v) is 6.72. The maximum atomic E-state index is 13.2. The average molecular weight is 471 g/mol. The molecule has 0 spiro atoms. The molecule has 0 aromatic heterocycles. The molecule has 4 rings (SSSR count). The molecule has 1 aliphatic rings. The molecule has 5 heteroatoms. The fourth-order valence-corrected chi connectivity index (χ4v) is 4.66. The minimum Gasteiger partial charge on any atom is -0.376 e. The van der Waals surface area contributed by atoms with Crippen molar-refractivity contribution in [1.29, 1.82) is 0 Å². The van der Waals surface area contributed by atoms with E-state index in [9.17, 15) is 4.79 Å². The fourth-order valence-electron chi connectivity index (χ4n) is 4.66. The summed E-state index contributed by atoms with van der Waals surface area (Å²) in [4.78, 5) is 19.8. The number of fused-ring (bicyclic) bond motifs is 1. The number of benzene rings is 3. The molecule has 5 nitrogen and oxygen atoms in total. The normalized spacial score (nSPS) is 13.5. The van der Waals surface area contributed by atoms with Crippen molar-refractivity contribution in [3.05, 3.63) is 101 Å². The minimum atomic E-state index is 0.133. The summed E-state index contributed by atoms with van der Waals surface area (Å²) in [5.41, 5.74) is 6.38. The van der Waals surface area contributed by atoms with E-state index in [1.54, 1.807) is 0 Å². The first-order chi connectivity index (χ1) is 17.1. The summed E-state index contributed by atoms with van der Waals surface area (Å²) < 4.78 is 0. The van der Waals surface area contributed by atoms with Gasteiger partial charge in [-0.15, -0.1) is 0 Å². The molecule has 0 unspecified atom stereocenters. The van der Waals surface area contributed by atoms with Gasteiger partial charge in [0, 0.05) is 45.0 Å². The summed E-state index contributed by atoms with van der Waals surface area (Å²) in [5, 5.41) is 3.48. The van der Waals surface area contributed by atoms with Crippen LogP contribution in [0.15, 0.2) is 78.9 Å². The maximum Gasteiger partial charge on any atom is 0.242 e. The molecule has 0 bridgehead atoms. The number of carbonyl (C=O) groups excluding carboxylic acids is 1. The first-order valence-electron chi connectivity index (χ1n) is 12.7. The second-order valence-corrected chi connectivity index (χ2v) is 9.66. The van der Waals surface area contributed by atoms with Crippen molar-refractivity contribution in [1.82, 2.24) is 14.7 Å². The van der Waals surface area contributed by atoms with Crippen molar-refractivity contribution in [3.8, 4) is 0 Å². The first kappa shape index (κ1) is 25.0. The lowest BCUT2D eigenvalue weighted by molar-refractivity contribution is -0.130. The van der Waals surface area contributed by atoms with Crippen LogP contribution in [0.2, 0.25) is 0 Å². The summed E-state index contributed by atoms with van der Waals surface area (Å²) in [7, 11) is 4.09. The number of carbonyl (C=O) groups is 1. The number of hydrogen-bond donors (Lipinski definition) is 1. The Balaban J connectivity index is 1.35. The molecule has 0 atom stereocenters. The van der Waals surface area contributed by atoms with Crippen LogP contribution in [-0.4, -0.2) is 67.4 Å². The molecule has 1 aliphatic heterocycles. The van der Waals surface area contributed by atoms with Crippen molar-refractivity contribution < 1.29 is 4.79 Å². The van der Waals surface area contributed by atoms with Gasteiger partial charge in [-0.05, 0) is 55.3 Å². The molecular formula is C30H38N4O. The lowest BCUT2D eigenvalue weighted by atomic mass is 9.97. The number of amides is 1. The van der Waals surface area contributed by atoms with Crippen molar-refractivity contribution in [3.63, 3.8) is 0 Å². The van der Waals surface area contributed by atoms with Crippen LogP contribution in [0.5, 0.6) is 0 Å². The smallest absolute Gasteiger partial charge is 0.242 e. The topological polar surface area (TPSA) is 38.8 Å². The molecule has 3 aromatic carbocycles. The van der Waals surface area contributed by atoms with Crippen molar-refractivity contribution in [2.75, 3.05) is 52.1 Å². The Morgan fingerprint density at radius 3 is 2.31 bits per heavy atom. The third kappa shape index (κ3) is 7.41. The Hall–Kier alpha value is -3.15. The summed E-state index contributed by atoms with van der Waals surface area (Å²) in [6, 6.07) is 27.4. The van der Waals surface area contributed by atoms with Gasteiger partial charge < -0.3 is 15.1 Å². The van der Waals surface area contributed by atoms with Gasteiger partial charge in [0.05, 0.1) is 6.54 Å². The molecule has 1 heterocycles. The molecule has 0 radical (unpaired) electrons. The van der Waals surface area contributed by atoms with Crippen molar-refractivity contribution >= 4 is 11.6 Å². The predicted octanol–water partition coefficient (Wildman–Crippen LogP) is 4.29. The Bertz CT molecular complexity index is 1070. The van der Waals surface area contributed by atoms with Crippen LogP contribution in [0.3, 0.4) is 0 Å². The highest BCUT2D eigenvalue weighted by molar-refractivity contribution is 5.81. The van der Waals surface area contributed by atoms with Crippen LogP contribution in [0.25, 0.3) is 0 Å². The molecule has 184 valence electrons. The van der Waals surface area contributed by atoms with E-state index in [1.807, 2.05) is 37.2 Å². The molecule has 1 N–H and O–H groups in total. The van der Waals surface area contributed by atoms with E-state index in [0.717, 1.165) is 50.3 Å². The van der Waals surface area contributed by atoms with Gasteiger partial charge in [0.2, 0.25) is 5.91 Å². The summed E-state index contributed by atoms with van der Waals surface area (Å²) in [6.07, 6.45) is 2.09. The number of likely N-dealkylation sites (N-methyl/N-ethyl adjacent to an activating group) is 1. The van der Waals surface area contributed by atoms with Crippen LogP contribution in [0.4, 0.5) is 5.69 Å². The third-order valence-electron chi connectivity index (χ3n) is 6.72. The van der Waals surface area contributed by atoms with Gasteiger partial charge in [-0.1, -0.05) is 72.8 Å². The molecule has 0 saturated carbocycles. The van der Waals surface area contributed by atoms with Gasteiger partial charge in [-0.25, -0.2) is 0 Å². The van der Waals surface area contributed by atoms with Gasteiger partial charge >= 0.3 is 0 Å². The molecule has 0 fully saturated rings. The Labute approximate surface area is 210 Å². The zero-order valence-corrected chi connectivity index (χ0v) is 21.1. The van der Waals surface area contributed by atoms with Crippen LogP contribution >= 0.6 is 0 Å². The highest BCUT2D eigenvalue weighted by atomic mass is 16.2. The van der Waals surface area contributed by atoms with Crippen molar-refractivity contribution in [2.45, 2.75) is 25.9 Å². The van der Waals surface area contributed by atoms with E-state index in [2.05, 4.69) is 75.8 Å². The van der Waals surface area contributed by atoms with E-state index in [4.69, 9.17) is 0 Å². The number of rotatable bonds is 11. The van der Waals surface area contributed by atoms with Gasteiger partial charge in [0.15, 0.2) is 0 Å². The standard InChI is InChI=1S/C30H38N4O/c1-32(2)20-21-34(23-26-12-7-4-8-13-26)30(35)22-31-29-15-9-14-27-24-33(19-17-28(27)29)18-16-25-10-5-3-6-11-25/h3-15,31H,16-24H2,1-2H3.